The van der Waals surface area contributed by atoms with Gasteiger partial charge in [0.25, 0.3) is 5.91 Å². The van der Waals surface area contributed by atoms with Gasteiger partial charge in [0, 0.05) is 18.7 Å². The van der Waals surface area contributed by atoms with Crippen molar-refractivity contribution in [3.05, 3.63) is 120 Å². The molecule has 0 saturated carbocycles. The van der Waals surface area contributed by atoms with Crippen molar-refractivity contribution in [3.63, 3.8) is 0 Å². The molecule has 4 aromatic rings. The highest BCUT2D eigenvalue weighted by Crippen LogP contribution is 2.30. The number of carbonyl (C=O) groups is 3. The quantitative estimate of drug-likeness (QED) is 0.168. The minimum atomic E-state index is -1.09. The molecule has 0 aliphatic carbocycles. The molecule has 0 saturated heterocycles. The molecule has 8 nitrogen and oxygen atoms in total. The molecule has 0 radical (unpaired) electrons. The maximum Gasteiger partial charge on any atom is 0.408 e. The Morgan fingerprint density at radius 3 is 2.29 bits per heavy atom. The lowest BCUT2D eigenvalue weighted by molar-refractivity contribution is -0.140. The molecule has 0 aromatic heterocycles. The molecule has 0 spiro atoms. The monoisotopic (exact) mass is 607 g/mol. The summed E-state index contributed by atoms with van der Waals surface area (Å²) >= 11 is 0. The van der Waals surface area contributed by atoms with Crippen LogP contribution in [0, 0.1) is 13.8 Å². The predicted molar refractivity (Wildman–Crippen MR) is 178 cm³/mol. The van der Waals surface area contributed by atoms with Crippen LogP contribution in [-0.2, 0) is 20.7 Å². The summed E-state index contributed by atoms with van der Waals surface area (Å²) in [6.07, 6.45) is 0.893. The van der Waals surface area contributed by atoms with Crippen LogP contribution in [-0.4, -0.2) is 46.1 Å². The van der Waals surface area contributed by atoms with E-state index in [1.165, 1.54) is 17.0 Å². The molecule has 3 amide bonds. The Morgan fingerprint density at radius 1 is 0.933 bits per heavy atom. The number of rotatable bonds is 10. The van der Waals surface area contributed by atoms with E-state index in [1.54, 1.807) is 39.0 Å². The van der Waals surface area contributed by atoms with Crippen molar-refractivity contribution in [1.82, 2.24) is 10.2 Å². The molecule has 0 fully saturated rings. The van der Waals surface area contributed by atoms with Gasteiger partial charge in [-0.3, -0.25) is 9.59 Å². The van der Waals surface area contributed by atoms with Gasteiger partial charge >= 0.3 is 6.09 Å². The first-order valence-corrected chi connectivity index (χ1v) is 14.9. The van der Waals surface area contributed by atoms with Crippen LogP contribution in [0.1, 0.15) is 49.1 Å². The highest BCUT2D eigenvalue weighted by molar-refractivity contribution is 6.00. The van der Waals surface area contributed by atoms with Gasteiger partial charge < -0.3 is 25.4 Å². The lowest BCUT2D eigenvalue weighted by atomic mass is 9.94. The van der Waals surface area contributed by atoms with Crippen LogP contribution in [0.15, 0.2) is 97.6 Å². The molecule has 2 atom stereocenters. The number of aromatic hydroxyl groups is 1. The van der Waals surface area contributed by atoms with Gasteiger partial charge in [0.15, 0.2) is 0 Å². The number of phenols is 1. The fourth-order valence-corrected chi connectivity index (χ4v) is 5.18. The SMILES string of the molecule is C=CCN(C(=O)C(Cc1ccc(O)cc1)NC(=O)OC(C)(C)C)C(C(=O)Nc1ccc2ccccc2c1)c1cccc(C)c1C. The second-order valence-corrected chi connectivity index (χ2v) is 12.1. The Morgan fingerprint density at radius 2 is 1.62 bits per heavy atom. The molecule has 0 heterocycles. The van der Waals surface area contributed by atoms with E-state index in [1.807, 2.05) is 74.5 Å². The minimum absolute atomic E-state index is 0.0318. The van der Waals surface area contributed by atoms with E-state index in [-0.39, 0.29) is 18.7 Å². The lowest BCUT2D eigenvalue weighted by Crippen LogP contribution is -2.53. The number of nitrogens with zero attached hydrogens (tertiary/aromatic N) is 1. The summed E-state index contributed by atoms with van der Waals surface area (Å²) in [6.45, 7) is 13.0. The topological polar surface area (TPSA) is 108 Å². The number of ether oxygens (including phenoxy) is 1. The molecule has 4 aromatic carbocycles. The van der Waals surface area contributed by atoms with E-state index < -0.39 is 35.6 Å². The van der Waals surface area contributed by atoms with Gasteiger partial charge in [0.05, 0.1) is 0 Å². The van der Waals surface area contributed by atoms with Crippen LogP contribution in [0.4, 0.5) is 10.5 Å². The Hall–Kier alpha value is -5.11. The zero-order valence-corrected chi connectivity index (χ0v) is 26.5. The molecule has 0 aliphatic rings. The highest BCUT2D eigenvalue weighted by Gasteiger charge is 2.37. The van der Waals surface area contributed by atoms with E-state index in [0.29, 0.717) is 16.8 Å². The van der Waals surface area contributed by atoms with Crippen molar-refractivity contribution in [2.24, 2.45) is 0 Å². The standard InChI is InChI=1S/C37H41N3O5/c1-7-21-40(35(43)32(39-36(44)45-37(4,5)6)22-26-15-19-30(41)20-16-26)33(31-14-10-11-24(2)25(31)3)34(42)38-29-18-17-27-12-8-9-13-28(27)23-29/h7-20,23,32-33,41H,1,21-22H2,2-6H3,(H,38,42)(H,39,44). The van der Waals surface area contributed by atoms with Crippen LogP contribution in [0.25, 0.3) is 10.8 Å². The summed E-state index contributed by atoms with van der Waals surface area (Å²) in [6, 6.07) is 23.4. The number of hydrogen-bond donors (Lipinski definition) is 3. The highest BCUT2D eigenvalue weighted by atomic mass is 16.6. The average Bonchev–Trinajstić information content (AvgIpc) is 2.98. The Balaban J connectivity index is 1.76. The van der Waals surface area contributed by atoms with Crippen LogP contribution in [0.3, 0.4) is 0 Å². The third-order valence-corrected chi connectivity index (χ3v) is 7.49. The first-order valence-electron chi connectivity index (χ1n) is 14.9. The number of phenolic OH excluding ortho intramolecular Hbond substituents is 1. The Bertz CT molecular complexity index is 1690. The van der Waals surface area contributed by atoms with Gasteiger partial charge in [-0.25, -0.2) is 4.79 Å². The van der Waals surface area contributed by atoms with Crippen molar-refractivity contribution in [3.8, 4) is 5.75 Å². The second kappa shape index (κ2) is 14.1. The molecule has 0 bridgehead atoms. The number of benzene rings is 4. The number of carbonyl (C=O) groups excluding carboxylic acids is 3. The van der Waals surface area contributed by atoms with Crippen LogP contribution in [0.2, 0.25) is 0 Å². The third-order valence-electron chi connectivity index (χ3n) is 7.49. The molecule has 8 heteroatoms. The number of amides is 3. The van der Waals surface area contributed by atoms with Crippen LogP contribution in [0.5, 0.6) is 5.75 Å². The first-order chi connectivity index (χ1) is 21.4. The van der Waals surface area contributed by atoms with E-state index >= 15 is 0 Å². The van der Waals surface area contributed by atoms with Gasteiger partial charge in [-0.1, -0.05) is 66.7 Å². The summed E-state index contributed by atoms with van der Waals surface area (Å²) in [5.41, 5.74) is 2.99. The third kappa shape index (κ3) is 8.50. The maximum absolute atomic E-state index is 14.5. The summed E-state index contributed by atoms with van der Waals surface area (Å²) in [4.78, 5) is 43.2. The van der Waals surface area contributed by atoms with Crippen molar-refractivity contribution < 1.29 is 24.2 Å². The molecule has 2 unspecified atom stereocenters. The molecule has 3 N–H and O–H groups in total. The second-order valence-electron chi connectivity index (χ2n) is 12.1. The fourth-order valence-electron chi connectivity index (χ4n) is 5.18. The van der Waals surface area contributed by atoms with Crippen molar-refractivity contribution in [1.29, 1.82) is 0 Å². The molecule has 0 aliphatic heterocycles. The Labute approximate surface area is 264 Å². The minimum Gasteiger partial charge on any atom is -0.508 e. The smallest absolute Gasteiger partial charge is 0.408 e. The zero-order chi connectivity index (χ0) is 32.7. The fraction of sp³-hybridized carbons (Fsp3) is 0.270. The van der Waals surface area contributed by atoms with E-state index in [2.05, 4.69) is 17.2 Å². The van der Waals surface area contributed by atoms with Gasteiger partial charge in [0.1, 0.15) is 23.4 Å². The molecule has 4 rings (SSSR count). The average molecular weight is 608 g/mol. The lowest BCUT2D eigenvalue weighted by Gasteiger charge is -2.34. The molecular formula is C37H41N3O5. The van der Waals surface area contributed by atoms with Gasteiger partial charge in [-0.05, 0) is 91.9 Å². The largest absolute Gasteiger partial charge is 0.508 e. The van der Waals surface area contributed by atoms with Crippen LogP contribution < -0.4 is 10.6 Å². The maximum atomic E-state index is 14.5. The predicted octanol–water partition coefficient (Wildman–Crippen LogP) is 6.99. The molecule has 234 valence electrons. The van der Waals surface area contributed by atoms with Gasteiger partial charge in [-0.2, -0.15) is 0 Å². The number of fused-ring (bicyclic) bond motifs is 1. The summed E-state index contributed by atoms with van der Waals surface area (Å²) in [5, 5.41) is 17.6. The van der Waals surface area contributed by atoms with E-state index in [4.69, 9.17) is 4.74 Å². The number of nitrogens with one attached hydrogen (secondary N) is 2. The first kappa shape index (κ1) is 32.8. The van der Waals surface area contributed by atoms with Crippen LogP contribution >= 0.6 is 0 Å². The number of aryl methyl sites for hydroxylation is 1. The van der Waals surface area contributed by atoms with Crippen molar-refractivity contribution in [2.75, 3.05) is 11.9 Å². The summed E-state index contributed by atoms with van der Waals surface area (Å²) < 4.78 is 5.50. The normalized spacial score (nSPS) is 12.6. The van der Waals surface area contributed by atoms with Crippen molar-refractivity contribution in [2.45, 2.75) is 58.7 Å². The summed E-state index contributed by atoms with van der Waals surface area (Å²) in [5.74, 6) is -0.821. The molecular weight excluding hydrogens is 566 g/mol. The summed E-state index contributed by atoms with van der Waals surface area (Å²) in [7, 11) is 0. The Kier molecular flexibility index (Phi) is 10.3. The van der Waals surface area contributed by atoms with E-state index in [9.17, 15) is 19.5 Å². The number of alkyl carbamates (subject to hydrolysis) is 1. The number of hydrogen-bond acceptors (Lipinski definition) is 5. The van der Waals surface area contributed by atoms with Gasteiger partial charge in [0.2, 0.25) is 5.91 Å². The molecule has 45 heavy (non-hydrogen) atoms. The van der Waals surface area contributed by atoms with Crippen molar-refractivity contribution >= 4 is 34.4 Å². The number of anilines is 1. The van der Waals surface area contributed by atoms with E-state index in [0.717, 1.165) is 21.9 Å². The van der Waals surface area contributed by atoms with Gasteiger partial charge in [-0.15, -0.1) is 6.58 Å². The zero-order valence-electron chi connectivity index (χ0n) is 26.5.